The maximum Gasteiger partial charge on any atom is 0.338 e. The summed E-state index contributed by atoms with van der Waals surface area (Å²) in [5, 5.41) is 3.21. The van der Waals surface area contributed by atoms with Gasteiger partial charge in [0.1, 0.15) is 6.04 Å². The van der Waals surface area contributed by atoms with Crippen molar-refractivity contribution < 1.29 is 14.3 Å². The van der Waals surface area contributed by atoms with E-state index >= 15 is 0 Å². The smallest absolute Gasteiger partial charge is 0.338 e. The topological polar surface area (TPSA) is 58.6 Å². The molecule has 0 bridgehead atoms. The summed E-state index contributed by atoms with van der Waals surface area (Å²) in [4.78, 5) is 25.2. The molecule has 0 aliphatic carbocycles. The number of hydrogen-bond donors (Lipinski definition) is 1. The Hall–Kier alpha value is -2.04. The van der Waals surface area contributed by atoms with Crippen LogP contribution in [0.1, 0.15) is 22.3 Å². The SMILES string of the molecule is COC(=O)c1cccc(N[C@@H]2CCN(C)C2=O)c1C. The zero-order valence-corrected chi connectivity index (χ0v) is 11.4. The van der Waals surface area contributed by atoms with E-state index in [0.29, 0.717) is 5.56 Å². The van der Waals surface area contributed by atoms with Gasteiger partial charge in [0.05, 0.1) is 12.7 Å². The Labute approximate surface area is 112 Å². The van der Waals surface area contributed by atoms with Crippen molar-refractivity contribution in [2.75, 3.05) is 26.0 Å². The maximum absolute atomic E-state index is 11.9. The summed E-state index contributed by atoms with van der Waals surface area (Å²) in [6.07, 6.45) is 0.775. The van der Waals surface area contributed by atoms with Gasteiger partial charge in [-0.3, -0.25) is 4.79 Å². The minimum atomic E-state index is -0.365. The molecule has 0 unspecified atom stereocenters. The van der Waals surface area contributed by atoms with E-state index in [1.807, 2.05) is 13.0 Å². The number of methoxy groups -OCH3 is 1. The van der Waals surface area contributed by atoms with Crippen LogP contribution in [0.2, 0.25) is 0 Å². The first-order chi connectivity index (χ1) is 9.04. The summed E-state index contributed by atoms with van der Waals surface area (Å²) >= 11 is 0. The number of likely N-dealkylation sites (N-methyl/N-ethyl adjacent to an activating group) is 1. The number of hydrogen-bond acceptors (Lipinski definition) is 4. The molecule has 0 spiro atoms. The molecule has 0 saturated carbocycles. The lowest BCUT2D eigenvalue weighted by atomic mass is 10.1. The molecule has 5 nitrogen and oxygen atoms in total. The van der Waals surface area contributed by atoms with E-state index in [9.17, 15) is 9.59 Å². The number of amides is 1. The predicted octanol–water partition coefficient (Wildman–Crippen LogP) is 1.42. The summed E-state index contributed by atoms with van der Waals surface area (Å²) < 4.78 is 4.74. The number of anilines is 1. The second-order valence-electron chi connectivity index (χ2n) is 4.72. The molecule has 1 fully saturated rings. The Morgan fingerprint density at radius 3 is 2.79 bits per heavy atom. The minimum Gasteiger partial charge on any atom is -0.465 e. The summed E-state index contributed by atoms with van der Waals surface area (Å²) in [6.45, 7) is 2.60. The summed E-state index contributed by atoms with van der Waals surface area (Å²) in [6, 6.07) is 5.16. The number of ether oxygens (including phenoxy) is 1. The number of nitrogens with zero attached hydrogens (tertiary/aromatic N) is 1. The van der Waals surface area contributed by atoms with Crippen molar-refractivity contribution in [1.29, 1.82) is 0 Å². The molecule has 1 heterocycles. The Bertz CT molecular complexity index is 513. The van der Waals surface area contributed by atoms with Gasteiger partial charge in [-0.05, 0) is 31.0 Å². The molecule has 1 aliphatic rings. The fourth-order valence-corrected chi connectivity index (χ4v) is 2.27. The molecule has 2 rings (SSSR count). The highest BCUT2D eigenvalue weighted by molar-refractivity contribution is 5.93. The van der Waals surface area contributed by atoms with Gasteiger partial charge >= 0.3 is 5.97 Å². The highest BCUT2D eigenvalue weighted by Gasteiger charge is 2.29. The second-order valence-corrected chi connectivity index (χ2v) is 4.72. The minimum absolute atomic E-state index is 0.0860. The van der Waals surface area contributed by atoms with E-state index in [0.717, 1.165) is 24.2 Å². The van der Waals surface area contributed by atoms with Gasteiger partial charge in [-0.25, -0.2) is 4.79 Å². The van der Waals surface area contributed by atoms with Gasteiger partial charge < -0.3 is 15.0 Å². The first-order valence-electron chi connectivity index (χ1n) is 6.24. The zero-order chi connectivity index (χ0) is 14.0. The Balaban J connectivity index is 2.22. The van der Waals surface area contributed by atoms with Crippen LogP contribution in [-0.2, 0) is 9.53 Å². The van der Waals surface area contributed by atoms with Crippen molar-refractivity contribution in [3.05, 3.63) is 29.3 Å². The molecular weight excluding hydrogens is 244 g/mol. The van der Waals surface area contributed by atoms with Gasteiger partial charge in [-0.2, -0.15) is 0 Å². The first-order valence-corrected chi connectivity index (χ1v) is 6.24. The van der Waals surface area contributed by atoms with E-state index in [4.69, 9.17) is 4.74 Å². The molecule has 1 aliphatic heterocycles. The standard InChI is InChI=1S/C14H18N2O3/c1-9-10(14(18)19-3)5-4-6-11(9)15-12-7-8-16(2)13(12)17/h4-6,12,15H,7-8H2,1-3H3/t12-/m1/s1. The summed E-state index contributed by atoms with van der Waals surface area (Å²) in [5.74, 6) is -0.279. The van der Waals surface area contributed by atoms with Crippen LogP contribution in [0.3, 0.4) is 0 Å². The quantitative estimate of drug-likeness (QED) is 0.837. The average Bonchev–Trinajstić information content (AvgIpc) is 2.72. The van der Waals surface area contributed by atoms with E-state index in [1.165, 1.54) is 7.11 Å². The Morgan fingerprint density at radius 2 is 2.21 bits per heavy atom. The monoisotopic (exact) mass is 262 g/mol. The molecule has 19 heavy (non-hydrogen) atoms. The number of nitrogens with one attached hydrogen (secondary N) is 1. The molecule has 5 heteroatoms. The molecule has 1 amide bonds. The largest absolute Gasteiger partial charge is 0.465 e. The maximum atomic E-state index is 11.9. The summed E-state index contributed by atoms with van der Waals surface area (Å²) in [7, 11) is 3.15. The Morgan fingerprint density at radius 1 is 1.47 bits per heavy atom. The lowest BCUT2D eigenvalue weighted by molar-refractivity contribution is -0.127. The van der Waals surface area contributed by atoms with Crippen molar-refractivity contribution in [1.82, 2.24) is 4.90 Å². The van der Waals surface area contributed by atoms with E-state index in [-0.39, 0.29) is 17.9 Å². The van der Waals surface area contributed by atoms with Gasteiger partial charge in [0, 0.05) is 19.3 Å². The zero-order valence-electron chi connectivity index (χ0n) is 11.4. The van der Waals surface area contributed by atoms with E-state index in [1.54, 1.807) is 24.1 Å². The van der Waals surface area contributed by atoms with Crippen molar-refractivity contribution in [2.24, 2.45) is 0 Å². The van der Waals surface area contributed by atoms with Crippen molar-refractivity contribution in [3.8, 4) is 0 Å². The molecule has 0 aromatic heterocycles. The predicted molar refractivity (Wildman–Crippen MR) is 72.2 cm³/mol. The third kappa shape index (κ3) is 2.54. The molecule has 0 radical (unpaired) electrons. The molecule has 1 N–H and O–H groups in total. The fourth-order valence-electron chi connectivity index (χ4n) is 2.27. The number of rotatable bonds is 3. The number of likely N-dealkylation sites (tertiary alicyclic amines) is 1. The van der Waals surface area contributed by atoms with Crippen LogP contribution in [0.4, 0.5) is 5.69 Å². The number of esters is 1. The third-order valence-electron chi connectivity index (χ3n) is 3.50. The van der Waals surface area contributed by atoms with Crippen LogP contribution >= 0.6 is 0 Å². The van der Waals surface area contributed by atoms with Crippen LogP contribution in [0.25, 0.3) is 0 Å². The first kappa shape index (κ1) is 13.4. The van der Waals surface area contributed by atoms with Gasteiger partial charge in [-0.15, -0.1) is 0 Å². The van der Waals surface area contributed by atoms with E-state index in [2.05, 4.69) is 5.32 Å². The molecular formula is C14H18N2O3. The van der Waals surface area contributed by atoms with Crippen LogP contribution in [0.5, 0.6) is 0 Å². The van der Waals surface area contributed by atoms with Crippen molar-refractivity contribution in [2.45, 2.75) is 19.4 Å². The van der Waals surface area contributed by atoms with Crippen molar-refractivity contribution >= 4 is 17.6 Å². The van der Waals surface area contributed by atoms with Gasteiger partial charge in [0.25, 0.3) is 0 Å². The molecule has 102 valence electrons. The molecule has 1 saturated heterocycles. The van der Waals surface area contributed by atoms with Crippen LogP contribution < -0.4 is 5.32 Å². The van der Waals surface area contributed by atoms with Crippen LogP contribution in [0.15, 0.2) is 18.2 Å². The molecule has 1 aromatic carbocycles. The van der Waals surface area contributed by atoms with E-state index < -0.39 is 0 Å². The lowest BCUT2D eigenvalue weighted by Gasteiger charge is -2.16. The number of carbonyl (C=O) groups excluding carboxylic acids is 2. The molecule has 1 atom stereocenters. The highest BCUT2D eigenvalue weighted by atomic mass is 16.5. The molecule has 1 aromatic rings. The van der Waals surface area contributed by atoms with Gasteiger partial charge in [0.2, 0.25) is 5.91 Å². The fraction of sp³-hybridized carbons (Fsp3) is 0.429. The normalized spacial score (nSPS) is 18.6. The Kier molecular flexibility index (Phi) is 3.74. The number of benzene rings is 1. The lowest BCUT2D eigenvalue weighted by Crippen LogP contribution is -2.31. The van der Waals surface area contributed by atoms with Crippen molar-refractivity contribution in [3.63, 3.8) is 0 Å². The van der Waals surface area contributed by atoms with Gasteiger partial charge in [-0.1, -0.05) is 6.07 Å². The second kappa shape index (κ2) is 5.30. The highest BCUT2D eigenvalue weighted by Crippen LogP contribution is 2.23. The number of carbonyl (C=O) groups is 2. The van der Waals surface area contributed by atoms with Crippen LogP contribution in [-0.4, -0.2) is 43.5 Å². The summed E-state index contributed by atoms with van der Waals surface area (Å²) in [5.41, 5.74) is 2.12. The van der Waals surface area contributed by atoms with Gasteiger partial charge in [0.15, 0.2) is 0 Å². The third-order valence-corrected chi connectivity index (χ3v) is 3.50. The van der Waals surface area contributed by atoms with Crippen LogP contribution in [0, 0.1) is 6.92 Å². The average molecular weight is 262 g/mol.